The molecule has 0 N–H and O–H groups in total. The lowest BCUT2D eigenvalue weighted by molar-refractivity contribution is 0.976. The Bertz CT molecular complexity index is 4240. The van der Waals surface area contributed by atoms with Gasteiger partial charge in [-0.3, -0.25) is 37.4 Å². The third kappa shape index (κ3) is 11.3. The number of para-hydroxylation sites is 4. The first-order chi connectivity index (χ1) is 40.3. The fraction of sp³-hybridized carbons (Fsp3) is 0.0833. The highest BCUT2D eigenvalue weighted by Crippen LogP contribution is 2.08. The number of hydrogen-bond acceptors (Lipinski definition) is 4. The van der Waals surface area contributed by atoms with Crippen molar-refractivity contribution in [3.63, 3.8) is 0 Å². The highest BCUT2D eigenvalue weighted by atomic mass is 16.1. The number of hydrogen-bond donors (Lipinski definition) is 0. The van der Waals surface area contributed by atoms with Crippen LogP contribution >= 0.6 is 0 Å². The van der Waals surface area contributed by atoms with E-state index in [2.05, 4.69) is 0 Å². The molecular formula is C48H44N4O4. The van der Waals surface area contributed by atoms with Gasteiger partial charge in [0.15, 0.2) is 0 Å². The van der Waals surface area contributed by atoms with Crippen LogP contribution < -0.4 is 22.2 Å². The van der Waals surface area contributed by atoms with Crippen molar-refractivity contribution in [1.29, 1.82) is 0 Å². The second kappa shape index (κ2) is 19.7. The fourth-order valence-electron chi connectivity index (χ4n) is 4.08. The maximum Gasteiger partial charge on any atom is 0.255 e. The Kier molecular flexibility index (Phi) is 5.42. The molecule has 0 unspecified atom stereocenters. The Labute approximate surface area is 371 Å². The first kappa shape index (κ1) is 15.4. The molecule has 8 heteroatoms. The second-order valence-corrected chi connectivity index (χ2v) is 10.3. The molecule has 0 saturated carbocycles. The molecule has 0 aliphatic heterocycles. The summed E-state index contributed by atoms with van der Waals surface area (Å²) in [4.78, 5) is 48.4. The Morgan fingerprint density at radius 2 is 0.661 bits per heavy atom. The lowest BCUT2D eigenvalue weighted by Crippen LogP contribution is -2.16. The predicted molar refractivity (Wildman–Crippen MR) is 227 cm³/mol. The Balaban J connectivity index is 0.000000215. The van der Waals surface area contributed by atoms with Crippen LogP contribution in [-0.2, 0) is 0 Å². The first-order valence-corrected chi connectivity index (χ1v) is 15.5. The van der Waals surface area contributed by atoms with Gasteiger partial charge in [-0.05, 0) is 98.1 Å². The minimum absolute atomic E-state index is 0.266. The minimum atomic E-state index is -3.01. The standard InChI is InChI=1S/4C12H11NO/c4*1-10-7-8-12(14)13(9-10)11-5-3-2-4-6-11/h4*2-9H,1H3/i1D3,2D,3D,4D,5D,6D,7D,8D,9D;1D3,2D,3D,4D,5D,6D,7D,9D;1D3,7D,8D,9D;1D3,7D,9D. The fourth-order valence-corrected chi connectivity index (χ4v) is 4.08. The van der Waals surface area contributed by atoms with E-state index in [0.717, 1.165) is 15.2 Å². The quantitative estimate of drug-likeness (QED) is 0.179. The van der Waals surface area contributed by atoms with Crippen LogP contribution in [0.2, 0.25) is 0 Å². The van der Waals surface area contributed by atoms with Gasteiger partial charge in [-0.2, -0.15) is 0 Å². The second-order valence-electron chi connectivity index (χ2n) is 10.3. The van der Waals surface area contributed by atoms with E-state index >= 15 is 0 Å². The molecule has 8 rings (SSSR count). The largest absolute Gasteiger partial charge is 0.284 e. The summed E-state index contributed by atoms with van der Waals surface area (Å²) in [6.07, 6.45) is -2.98. The third-order valence-electron chi connectivity index (χ3n) is 6.46. The van der Waals surface area contributed by atoms with E-state index < -0.39 is 205 Å². The zero-order chi connectivity index (χ0) is 67.3. The molecule has 0 bridgehead atoms. The molecule has 0 aliphatic rings. The van der Waals surface area contributed by atoms with E-state index in [4.69, 9.17) is 43.9 Å². The molecule has 0 spiro atoms. The Hall–Kier alpha value is -7.32. The molecule has 0 fully saturated rings. The van der Waals surface area contributed by atoms with E-state index in [1.807, 2.05) is 0 Å². The number of aromatic nitrogens is 4. The van der Waals surface area contributed by atoms with Gasteiger partial charge in [0, 0.05) is 88.1 Å². The number of pyridine rings is 4. The molecule has 8 aromatic rings. The van der Waals surface area contributed by atoms with Crippen molar-refractivity contribution in [1.82, 2.24) is 18.3 Å². The van der Waals surface area contributed by atoms with Crippen molar-refractivity contribution in [2.75, 3.05) is 0 Å². The van der Waals surface area contributed by atoms with Gasteiger partial charge in [0.2, 0.25) is 0 Å². The number of nitrogens with zero attached hydrogens (tertiary/aromatic N) is 4. The summed E-state index contributed by atoms with van der Waals surface area (Å²) in [5.41, 5.74) is -7.14. The monoisotopic (exact) mass is 773 g/mol. The Morgan fingerprint density at radius 1 is 0.339 bits per heavy atom. The normalized spacial score (nSPS) is 19.1. The van der Waals surface area contributed by atoms with Crippen molar-refractivity contribution >= 4 is 0 Å². The molecule has 4 heterocycles. The lowest BCUT2D eigenvalue weighted by atomic mass is 10.3. The van der Waals surface area contributed by atoms with Gasteiger partial charge in [0.1, 0.15) is 0 Å². The maximum atomic E-state index is 12.3. The smallest absolute Gasteiger partial charge is 0.255 e. The summed E-state index contributed by atoms with van der Waals surface area (Å²) in [5, 5.41) is 0. The molecule has 4 aromatic heterocycles. The zero-order valence-electron chi connectivity index (χ0n) is 60.4. The van der Waals surface area contributed by atoms with E-state index in [1.165, 1.54) is 12.1 Å². The SMILES string of the molecule is [2H]c1c(C([2H])([2H])[2H])c([2H])n(-c2ccccc2)c(=O)c1[2H].[2H]c1c([2H])c([2H])c(-n2c([2H])c(C([2H])([2H])[2H])c([2H])c([2H])c2=O)c([2H])c1[2H].[2H]c1cc(=O)n(-c2c([2H])c([2H])c([2H])c([2H])c2[2H])c([2H])c1C([2H])([2H])[2H].[2H]c1cc(=O)n(-c2ccccc2)c([2H])c1C([2H])([2H])[2H]. The van der Waals surface area contributed by atoms with Gasteiger partial charge in [0.05, 0.1) is 27.4 Å². The average molecular weight is 773 g/mol. The van der Waals surface area contributed by atoms with Crippen LogP contribution in [0.4, 0.5) is 0 Å². The third-order valence-corrected chi connectivity index (χ3v) is 6.46. The van der Waals surface area contributed by atoms with Crippen LogP contribution in [0.15, 0.2) is 213 Å². The van der Waals surface area contributed by atoms with E-state index in [-0.39, 0.29) is 4.57 Å². The highest BCUT2D eigenvalue weighted by molar-refractivity contribution is 5.35. The van der Waals surface area contributed by atoms with Gasteiger partial charge in [-0.1, -0.05) is 96.8 Å². The van der Waals surface area contributed by atoms with Crippen molar-refractivity contribution in [2.24, 2.45) is 0 Å². The molecule has 4 aromatic carbocycles. The summed E-state index contributed by atoms with van der Waals surface area (Å²) < 4.78 is 245. The van der Waals surface area contributed by atoms with Crippen molar-refractivity contribution in [3.8, 4) is 22.7 Å². The summed E-state index contributed by atoms with van der Waals surface area (Å²) >= 11 is 0. The topological polar surface area (TPSA) is 88.0 Å². The van der Waals surface area contributed by atoms with Crippen LogP contribution in [-0.4, -0.2) is 18.3 Å². The summed E-state index contributed by atoms with van der Waals surface area (Å²) in [5.74, 6) is 0. The van der Waals surface area contributed by atoms with Crippen LogP contribution in [0.1, 0.15) is 66.1 Å². The molecule has 0 saturated heterocycles. The van der Waals surface area contributed by atoms with E-state index in [0.29, 0.717) is 22.0 Å². The van der Waals surface area contributed by atoms with Crippen molar-refractivity contribution in [2.45, 2.75) is 27.4 Å². The zero-order valence-corrected chi connectivity index (χ0v) is 28.4. The van der Waals surface area contributed by atoms with Crippen LogP contribution in [0, 0.1) is 27.4 Å². The molecular weight excluding hydrogens is 697 g/mol. The summed E-state index contributed by atoms with van der Waals surface area (Å²) in [6.45, 7) is -11.2. The molecule has 8 nitrogen and oxygen atoms in total. The maximum absolute atomic E-state index is 12.3. The average Bonchev–Trinajstić information content (AvgIpc) is 0.878. The number of rotatable bonds is 4. The van der Waals surface area contributed by atoms with Gasteiger partial charge >= 0.3 is 0 Å². The molecule has 0 atom stereocenters. The van der Waals surface area contributed by atoms with Crippen LogP contribution in [0.25, 0.3) is 22.7 Å². The Morgan fingerprint density at radius 3 is 1.04 bits per heavy atom. The van der Waals surface area contributed by atoms with Crippen LogP contribution in [0.5, 0.6) is 0 Å². The van der Waals surface area contributed by atoms with Gasteiger partial charge in [-0.15, -0.1) is 0 Å². The predicted octanol–water partition coefficient (Wildman–Crippen LogP) is 8.58. The molecule has 56 heavy (non-hydrogen) atoms. The minimum Gasteiger partial charge on any atom is -0.284 e. The molecule has 0 aliphatic carbocycles. The first-order valence-electron chi connectivity index (χ1n) is 31.5. The molecule has 0 radical (unpaired) electrons. The molecule has 0 amide bonds. The number of benzene rings is 4. The van der Waals surface area contributed by atoms with Crippen molar-refractivity contribution < 1.29 is 43.9 Å². The molecule has 280 valence electrons. The van der Waals surface area contributed by atoms with Crippen molar-refractivity contribution in [3.05, 3.63) is 258 Å². The summed E-state index contributed by atoms with van der Waals surface area (Å²) in [7, 11) is 0. The van der Waals surface area contributed by atoms with Crippen LogP contribution in [0.3, 0.4) is 0 Å². The van der Waals surface area contributed by atoms with Gasteiger partial charge in [-0.25, -0.2) is 0 Å². The lowest BCUT2D eigenvalue weighted by Gasteiger charge is -2.05. The van der Waals surface area contributed by atoms with E-state index in [9.17, 15) is 19.2 Å². The van der Waals surface area contributed by atoms with Gasteiger partial charge in [0.25, 0.3) is 22.2 Å². The summed E-state index contributed by atoms with van der Waals surface area (Å²) in [6, 6.07) is 5.85. The van der Waals surface area contributed by atoms with Gasteiger partial charge < -0.3 is 0 Å². The van der Waals surface area contributed by atoms with E-state index in [1.54, 1.807) is 48.5 Å². The highest BCUT2D eigenvalue weighted by Gasteiger charge is 2.00.